The molecule has 0 spiro atoms. The molecule has 148 valence electrons. The maximum absolute atomic E-state index is 12.5. The number of nitrogens with zero attached hydrogens (tertiary/aromatic N) is 1. The highest BCUT2D eigenvalue weighted by Gasteiger charge is 2.53. The minimum atomic E-state index is -1.77. The molecule has 1 aliphatic heterocycles. The second-order valence-corrected chi connectivity index (χ2v) is 7.64. The zero-order chi connectivity index (χ0) is 20.2. The summed E-state index contributed by atoms with van der Waals surface area (Å²) in [5.74, 6) is -2.14. The fraction of sp³-hybridized carbons (Fsp3) is 0.526. The van der Waals surface area contributed by atoms with Crippen LogP contribution in [-0.2, 0) is 25.7 Å². The average Bonchev–Trinajstić information content (AvgIpc) is 2.58. The molecule has 1 amide bonds. The first-order valence-corrected chi connectivity index (χ1v) is 8.75. The quantitative estimate of drug-likeness (QED) is 0.608. The van der Waals surface area contributed by atoms with Crippen molar-refractivity contribution >= 4 is 18.0 Å². The molecule has 0 bridgehead atoms. The number of hydrogen-bond acceptors (Lipinski definition) is 6. The summed E-state index contributed by atoms with van der Waals surface area (Å²) in [5, 5.41) is 9.66. The van der Waals surface area contributed by atoms with Crippen molar-refractivity contribution in [2.75, 3.05) is 6.54 Å². The lowest BCUT2D eigenvalue weighted by atomic mass is 9.77. The van der Waals surface area contributed by atoms with Crippen LogP contribution in [0.15, 0.2) is 30.3 Å². The molecule has 1 saturated heterocycles. The SMILES string of the molecule is CC(C)(C)OC(=O)C1(C(=O)O)CCN(C(=O)OCc2ccccc2)C(N)C1. The van der Waals surface area contributed by atoms with E-state index in [1.54, 1.807) is 20.8 Å². The molecule has 27 heavy (non-hydrogen) atoms. The van der Waals surface area contributed by atoms with Crippen molar-refractivity contribution < 1.29 is 29.0 Å². The van der Waals surface area contributed by atoms with E-state index >= 15 is 0 Å². The molecule has 1 aliphatic rings. The fourth-order valence-corrected chi connectivity index (χ4v) is 2.92. The lowest BCUT2D eigenvalue weighted by Crippen LogP contribution is -2.59. The molecule has 0 aromatic heterocycles. The first kappa shape index (κ1) is 20.7. The number of ether oxygens (including phenoxy) is 2. The number of carbonyl (C=O) groups is 3. The highest BCUT2D eigenvalue weighted by atomic mass is 16.6. The van der Waals surface area contributed by atoms with Crippen molar-refractivity contribution in [1.29, 1.82) is 0 Å². The second kappa shape index (κ2) is 7.96. The fourth-order valence-electron chi connectivity index (χ4n) is 2.92. The van der Waals surface area contributed by atoms with Crippen molar-refractivity contribution in [3.05, 3.63) is 35.9 Å². The van der Waals surface area contributed by atoms with Gasteiger partial charge in [-0.25, -0.2) is 4.79 Å². The van der Waals surface area contributed by atoms with Crippen LogP contribution in [-0.4, -0.2) is 46.3 Å². The van der Waals surface area contributed by atoms with Gasteiger partial charge in [-0.15, -0.1) is 0 Å². The summed E-state index contributed by atoms with van der Waals surface area (Å²) >= 11 is 0. The number of carboxylic acid groups (broad SMARTS) is 1. The number of nitrogens with two attached hydrogens (primary N) is 1. The number of likely N-dealkylation sites (tertiary alicyclic amines) is 1. The number of esters is 1. The Labute approximate surface area is 158 Å². The second-order valence-electron chi connectivity index (χ2n) is 7.64. The van der Waals surface area contributed by atoms with E-state index in [0.717, 1.165) is 5.56 Å². The number of hydrogen-bond donors (Lipinski definition) is 2. The Morgan fingerprint density at radius 1 is 1.26 bits per heavy atom. The van der Waals surface area contributed by atoms with E-state index in [0.29, 0.717) is 0 Å². The maximum atomic E-state index is 12.5. The summed E-state index contributed by atoms with van der Waals surface area (Å²) in [7, 11) is 0. The Hall–Kier alpha value is -2.61. The Morgan fingerprint density at radius 3 is 2.41 bits per heavy atom. The molecule has 2 atom stereocenters. The lowest BCUT2D eigenvalue weighted by molar-refractivity contribution is -0.181. The lowest BCUT2D eigenvalue weighted by Gasteiger charge is -2.41. The van der Waals surface area contributed by atoms with E-state index in [9.17, 15) is 19.5 Å². The van der Waals surface area contributed by atoms with Gasteiger partial charge in [0.05, 0.1) is 6.17 Å². The molecule has 2 rings (SSSR count). The van der Waals surface area contributed by atoms with Crippen molar-refractivity contribution in [2.24, 2.45) is 11.1 Å². The van der Waals surface area contributed by atoms with Crippen LogP contribution in [0.2, 0.25) is 0 Å². The van der Waals surface area contributed by atoms with Gasteiger partial charge in [-0.05, 0) is 32.8 Å². The van der Waals surface area contributed by atoms with Gasteiger partial charge in [0.15, 0.2) is 5.41 Å². The summed E-state index contributed by atoms with van der Waals surface area (Å²) in [4.78, 5) is 37.9. The van der Waals surface area contributed by atoms with Crippen molar-refractivity contribution in [3.8, 4) is 0 Å². The Kier molecular flexibility index (Phi) is 6.10. The van der Waals surface area contributed by atoms with Crippen LogP contribution in [0, 0.1) is 5.41 Å². The third-order valence-electron chi connectivity index (χ3n) is 4.38. The molecule has 0 radical (unpaired) electrons. The van der Waals surface area contributed by atoms with Gasteiger partial charge < -0.3 is 20.3 Å². The summed E-state index contributed by atoms with van der Waals surface area (Å²) in [6.07, 6.45) is -1.94. The molecule has 0 saturated carbocycles. The standard InChI is InChI=1S/C19H26N2O6/c1-18(2,3)27-16(24)19(15(22)23)9-10-21(14(20)11-19)17(25)26-12-13-7-5-4-6-8-13/h4-8,14H,9-12,20H2,1-3H3,(H,22,23). The van der Waals surface area contributed by atoms with E-state index < -0.39 is 35.2 Å². The normalized spacial score (nSPS) is 22.8. The number of carbonyl (C=O) groups excluding carboxylic acids is 2. The Balaban J connectivity index is 2.04. The smallest absolute Gasteiger partial charge is 0.411 e. The molecule has 3 N–H and O–H groups in total. The van der Waals surface area contributed by atoms with Gasteiger partial charge in [-0.2, -0.15) is 0 Å². The number of carboxylic acids is 1. The highest BCUT2D eigenvalue weighted by Crippen LogP contribution is 2.36. The van der Waals surface area contributed by atoms with Crippen LogP contribution in [0.5, 0.6) is 0 Å². The largest absolute Gasteiger partial charge is 0.480 e. The zero-order valence-electron chi connectivity index (χ0n) is 15.8. The summed E-state index contributed by atoms with van der Waals surface area (Å²) in [6, 6.07) is 9.16. The molecule has 8 heteroatoms. The molecule has 0 aliphatic carbocycles. The van der Waals surface area contributed by atoms with Gasteiger partial charge in [-0.1, -0.05) is 30.3 Å². The number of aliphatic carboxylic acids is 1. The highest BCUT2D eigenvalue weighted by molar-refractivity contribution is 5.99. The molecule has 1 fully saturated rings. The maximum Gasteiger partial charge on any atom is 0.411 e. The molecule has 1 aromatic rings. The number of amides is 1. The molecular weight excluding hydrogens is 352 g/mol. The average molecular weight is 378 g/mol. The van der Waals surface area contributed by atoms with Crippen molar-refractivity contribution in [3.63, 3.8) is 0 Å². The minimum Gasteiger partial charge on any atom is -0.480 e. The van der Waals surface area contributed by atoms with Crippen LogP contribution < -0.4 is 5.73 Å². The van der Waals surface area contributed by atoms with Gasteiger partial charge in [0.25, 0.3) is 0 Å². The van der Waals surface area contributed by atoms with E-state index in [-0.39, 0.29) is 26.0 Å². The Morgan fingerprint density at radius 2 is 1.89 bits per heavy atom. The molecule has 1 heterocycles. The van der Waals surface area contributed by atoms with Crippen LogP contribution in [0.3, 0.4) is 0 Å². The number of rotatable bonds is 4. The zero-order valence-corrected chi connectivity index (χ0v) is 15.8. The van der Waals surface area contributed by atoms with E-state index in [1.165, 1.54) is 4.90 Å². The molecular formula is C19H26N2O6. The van der Waals surface area contributed by atoms with Gasteiger partial charge in [0, 0.05) is 13.0 Å². The summed E-state index contributed by atoms with van der Waals surface area (Å²) in [6.45, 7) is 5.06. The first-order valence-electron chi connectivity index (χ1n) is 8.75. The molecule has 2 unspecified atom stereocenters. The van der Waals surface area contributed by atoms with E-state index in [1.807, 2.05) is 30.3 Å². The molecule has 1 aromatic carbocycles. The monoisotopic (exact) mass is 378 g/mol. The third-order valence-corrected chi connectivity index (χ3v) is 4.38. The first-order chi connectivity index (χ1) is 12.5. The van der Waals surface area contributed by atoms with Gasteiger partial charge >= 0.3 is 18.0 Å². The van der Waals surface area contributed by atoms with Gasteiger partial charge in [0.1, 0.15) is 12.2 Å². The predicted molar refractivity (Wildman–Crippen MR) is 96.5 cm³/mol. The van der Waals surface area contributed by atoms with Crippen LogP contribution in [0.25, 0.3) is 0 Å². The van der Waals surface area contributed by atoms with Crippen LogP contribution >= 0.6 is 0 Å². The van der Waals surface area contributed by atoms with Gasteiger partial charge in [-0.3, -0.25) is 14.5 Å². The van der Waals surface area contributed by atoms with Crippen molar-refractivity contribution in [1.82, 2.24) is 4.90 Å². The predicted octanol–water partition coefficient (Wildman–Crippen LogP) is 2.12. The number of benzene rings is 1. The van der Waals surface area contributed by atoms with Crippen LogP contribution in [0.1, 0.15) is 39.2 Å². The van der Waals surface area contributed by atoms with E-state index in [2.05, 4.69) is 0 Å². The topological polar surface area (TPSA) is 119 Å². The van der Waals surface area contributed by atoms with Gasteiger partial charge in [0.2, 0.25) is 0 Å². The molecule has 8 nitrogen and oxygen atoms in total. The number of piperidine rings is 1. The Bertz CT molecular complexity index is 700. The summed E-state index contributed by atoms with van der Waals surface area (Å²) < 4.78 is 10.5. The van der Waals surface area contributed by atoms with Crippen molar-refractivity contribution in [2.45, 2.75) is 52.0 Å². The third kappa shape index (κ3) is 4.97. The van der Waals surface area contributed by atoms with E-state index in [4.69, 9.17) is 15.2 Å². The summed E-state index contributed by atoms with van der Waals surface area (Å²) in [5.41, 5.74) is 4.24. The minimum absolute atomic E-state index is 0.0136. The van der Waals surface area contributed by atoms with Crippen LogP contribution in [0.4, 0.5) is 4.79 Å².